The quantitative estimate of drug-likeness (QED) is 0.833. The van der Waals surface area contributed by atoms with E-state index in [9.17, 15) is 0 Å². The van der Waals surface area contributed by atoms with Crippen LogP contribution in [0.2, 0.25) is 0 Å². The Morgan fingerprint density at radius 1 is 1.38 bits per heavy atom. The fraction of sp³-hybridized carbons (Fsp3) is 0.818. The van der Waals surface area contributed by atoms with Crippen LogP contribution in [-0.4, -0.2) is 30.3 Å². The molecular formula is C11H17N3O2. The molecule has 1 aromatic rings. The summed E-state index contributed by atoms with van der Waals surface area (Å²) in [5.74, 6) is 1.91. The highest BCUT2D eigenvalue weighted by Gasteiger charge is 2.41. The van der Waals surface area contributed by atoms with Gasteiger partial charge >= 0.3 is 0 Å². The zero-order chi connectivity index (χ0) is 11.0. The molecule has 88 valence electrons. The first kappa shape index (κ1) is 10.2. The van der Waals surface area contributed by atoms with E-state index in [2.05, 4.69) is 15.5 Å². The number of rotatable bonds is 3. The summed E-state index contributed by atoms with van der Waals surface area (Å²) in [6, 6.07) is 0. The van der Waals surface area contributed by atoms with E-state index >= 15 is 0 Å². The first-order chi connectivity index (χ1) is 7.84. The van der Waals surface area contributed by atoms with Crippen LogP contribution in [0.15, 0.2) is 4.52 Å². The van der Waals surface area contributed by atoms with Crippen LogP contribution in [0.4, 0.5) is 0 Å². The van der Waals surface area contributed by atoms with E-state index in [-0.39, 0.29) is 5.60 Å². The smallest absolute Gasteiger partial charge is 0.232 e. The maximum atomic E-state index is 5.63. The van der Waals surface area contributed by atoms with Crippen LogP contribution < -0.4 is 5.32 Å². The summed E-state index contributed by atoms with van der Waals surface area (Å²) >= 11 is 0. The highest BCUT2D eigenvalue weighted by atomic mass is 16.5. The van der Waals surface area contributed by atoms with Gasteiger partial charge in [-0.3, -0.25) is 0 Å². The second-order valence-electron chi connectivity index (χ2n) is 4.72. The van der Waals surface area contributed by atoms with Gasteiger partial charge in [-0.25, -0.2) is 0 Å². The first-order valence-electron chi connectivity index (χ1n) is 5.94. The maximum absolute atomic E-state index is 5.63. The zero-order valence-electron chi connectivity index (χ0n) is 9.53. The van der Waals surface area contributed by atoms with Gasteiger partial charge in [-0.2, -0.15) is 4.98 Å². The van der Waals surface area contributed by atoms with E-state index in [1.54, 1.807) is 7.11 Å². The van der Waals surface area contributed by atoms with Gasteiger partial charge in [0.2, 0.25) is 11.7 Å². The molecule has 3 rings (SSSR count). The lowest BCUT2D eigenvalue weighted by Gasteiger charge is -2.24. The molecule has 1 aliphatic heterocycles. The van der Waals surface area contributed by atoms with Gasteiger partial charge in [0.15, 0.2) is 0 Å². The van der Waals surface area contributed by atoms with Crippen molar-refractivity contribution in [1.82, 2.24) is 15.5 Å². The molecule has 1 aromatic heterocycles. The predicted octanol–water partition coefficient (Wildman–Crippen LogP) is 1.17. The summed E-state index contributed by atoms with van der Waals surface area (Å²) < 4.78 is 11.0. The standard InChI is InChI=1S/C11H17N3O2/c1-15-11(4-2-3-5-11)10-13-9(16-14-10)8-6-12-7-8/h8,12H,2-7H2,1H3. The Morgan fingerprint density at radius 2 is 2.12 bits per heavy atom. The summed E-state index contributed by atoms with van der Waals surface area (Å²) in [5.41, 5.74) is -0.279. The van der Waals surface area contributed by atoms with Crippen LogP contribution >= 0.6 is 0 Å². The molecule has 2 aliphatic rings. The van der Waals surface area contributed by atoms with E-state index in [0.29, 0.717) is 5.92 Å². The minimum absolute atomic E-state index is 0.279. The fourth-order valence-electron chi connectivity index (χ4n) is 2.51. The van der Waals surface area contributed by atoms with Crippen LogP contribution in [0.5, 0.6) is 0 Å². The summed E-state index contributed by atoms with van der Waals surface area (Å²) in [7, 11) is 1.74. The Balaban J connectivity index is 1.84. The highest BCUT2D eigenvalue weighted by Crippen LogP contribution is 2.40. The molecule has 2 heterocycles. The second kappa shape index (κ2) is 3.82. The van der Waals surface area contributed by atoms with Crippen molar-refractivity contribution in [3.63, 3.8) is 0 Å². The van der Waals surface area contributed by atoms with E-state index in [4.69, 9.17) is 9.26 Å². The van der Waals surface area contributed by atoms with E-state index in [1.807, 2.05) is 0 Å². The Hall–Kier alpha value is -0.940. The number of nitrogens with zero attached hydrogens (tertiary/aromatic N) is 2. The molecule has 0 unspecified atom stereocenters. The van der Waals surface area contributed by atoms with Crippen LogP contribution in [0.3, 0.4) is 0 Å². The van der Waals surface area contributed by atoms with Crippen molar-refractivity contribution in [1.29, 1.82) is 0 Å². The van der Waals surface area contributed by atoms with Crippen molar-refractivity contribution < 1.29 is 9.26 Å². The maximum Gasteiger partial charge on any atom is 0.232 e. The third-order valence-electron chi connectivity index (χ3n) is 3.78. The van der Waals surface area contributed by atoms with Crippen LogP contribution in [0, 0.1) is 0 Å². The van der Waals surface area contributed by atoms with Crippen LogP contribution in [0.1, 0.15) is 43.3 Å². The zero-order valence-corrected chi connectivity index (χ0v) is 9.53. The van der Waals surface area contributed by atoms with Crippen molar-refractivity contribution in [2.75, 3.05) is 20.2 Å². The molecule has 1 N–H and O–H groups in total. The van der Waals surface area contributed by atoms with Gasteiger partial charge in [-0.15, -0.1) is 0 Å². The second-order valence-corrected chi connectivity index (χ2v) is 4.72. The molecule has 0 radical (unpaired) electrons. The molecule has 5 nitrogen and oxygen atoms in total. The Morgan fingerprint density at radius 3 is 2.69 bits per heavy atom. The van der Waals surface area contributed by atoms with Gasteiger partial charge in [0.25, 0.3) is 0 Å². The van der Waals surface area contributed by atoms with E-state index < -0.39 is 0 Å². The monoisotopic (exact) mass is 223 g/mol. The van der Waals surface area contributed by atoms with Crippen LogP contribution in [0.25, 0.3) is 0 Å². The molecule has 0 atom stereocenters. The number of nitrogens with one attached hydrogen (secondary N) is 1. The summed E-state index contributed by atoms with van der Waals surface area (Å²) in [6.45, 7) is 1.89. The molecule has 0 aromatic carbocycles. The molecule has 2 fully saturated rings. The topological polar surface area (TPSA) is 60.2 Å². The molecule has 5 heteroatoms. The molecule has 1 saturated heterocycles. The highest BCUT2D eigenvalue weighted by molar-refractivity contribution is 5.08. The number of methoxy groups -OCH3 is 1. The van der Waals surface area contributed by atoms with Crippen molar-refractivity contribution >= 4 is 0 Å². The average molecular weight is 223 g/mol. The lowest BCUT2D eigenvalue weighted by molar-refractivity contribution is -0.0178. The third-order valence-corrected chi connectivity index (χ3v) is 3.78. The van der Waals surface area contributed by atoms with Crippen molar-refractivity contribution in [2.45, 2.75) is 37.2 Å². The number of hydrogen-bond donors (Lipinski definition) is 1. The molecular weight excluding hydrogens is 206 g/mol. The third kappa shape index (κ3) is 1.46. The Labute approximate surface area is 94.6 Å². The van der Waals surface area contributed by atoms with E-state index in [0.717, 1.165) is 37.6 Å². The molecule has 0 amide bonds. The van der Waals surface area contributed by atoms with Crippen molar-refractivity contribution in [2.24, 2.45) is 0 Å². The van der Waals surface area contributed by atoms with Crippen LogP contribution in [-0.2, 0) is 10.3 Å². The summed E-state index contributed by atoms with van der Waals surface area (Å²) in [6.07, 6.45) is 4.38. The molecule has 16 heavy (non-hydrogen) atoms. The normalized spacial score (nSPS) is 24.6. The van der Waals surface area contributed by atoms with Crippen molar-refractivity contribution in [3.05, 3.63) is 11.7 Å². The largest absolute Gasteiger partial charge is 0.370 e. The lowest BCUT2D eigenvalue weighted by atomic mass is 10.0. The molecule has 0 bridgehead atoms. The SMILES string of the molecule is COC1(c2noc(C3CNC3)n2)CCCC1. The number of aromatic nitrogens is 2. The minimum Gasteiger partial charge on any atom is -0.370 e. The molecule has 1 saturated carbocycles. The summed E-state index contributed by atoms with van der Waals surface area (Å²) in [4.78, 5) is 4.51. The number of ether oxygens (including phenoxy) is 1. The fourth-order valence-corrected chi connectivity index (χ4v) is 2.51. The van der Waals surface area contributed by atoms with Gasteiger partial charge in [0.1, 0.15) is 5.60 Å². The number of hydrogen-bond acceptors (Lipinski definition) is 5. The van der Waals surface area contributed by atoms with Gasteiger partial charge in [0, 0.05) is 20.2 Å². The van der Waals surface area contributed by atoms with Gasteiger partial charge < -0.3 is 14.6 Å². The molecule has 0 spiro atoms. The van der Waals surface area contributed by atoms with Crippen molar-refractivity contribution in [3.8, 4) is 0 Å². The minimum atomic E-state index is -0.279. The Kier molecular flexibility index (Phi) is 2.44. The van der Waals surface area contributed by atoms with Gasteiger partial charge in [0.05, 0.1) is 5.92 Å². The Bertz CT molecular complexity index is 367. The summed E-state index contributed by atoms with van der Waals surface area (Å²) in [5, 5.41) is 7.31. The van der Waals surface area contributed by atoms with Gasteiger partial charge in [-0.1, -0.05) is 5.16 Å². The van der Waals surface area contributed by atoms with Gasteiger partial charge in [-0.05, 0) is 25.7 Å². The first-order valence-corrected chi connectivity index (χ1v) is 5.94. The van der Waals surface area contributed by atoms with E-state index in [1.165, 1.54) is 12.8 Å². The molecule has 1 aliphatic carbocycles. The lowest BCUT2D eigenvalue weighted by Crippen LogP contribution is -2.40. The predicted molar refractivity (Wildman–Crippen MR) is 57.1 cm³/mol. The average Bonchev–Trinajstić information content (AvgIpc) is 2.82.